The van der Waals surface area contributed by atoms with Gasteiger partial charge in [-0.05, 0) is 63.1 Å². The highest BCUT2D eigenvalue weighted by atomic mass is 16.2. The molecule has 5 rings (SSSR count). The van der Waals surface area contributed by atoms with Crippen LogP contribution >= 0.6 is 0 Å². The van der Waals surface area contributed by atoms with Crippen LogP contribution in [-0.2, 0) is 0 Å². The van der Waals surface area contributed by atoms with Gasteiger partial charge in [0.2, 0.25) is 0 Å². The second-order valence-electron chi connectivity index (χ2n) is 7.67. The third-order valence-electron chi connectivity index (χ3n) is 5.47. The number of pyridine rings is 3. The molecule has 0 aliphatic heterocycles. The normalized spacial score (nSPS) is 19.2. The topological polar surface area (TPSA) is 77.6 Å². The van der Waals surface area contributed by atoms with Crippen LogP contribution in [0.2, 0.25) is 0 Å². The highest BCUT2D eigenvalue weighted by molar-refractivity contribution is 5.75. The van der Waals surface area contributed by atoms with Crippen LogP contribution < -0.4 is 11.0 Å². The lowest BCUT2D eigenvalue weighted by molar-refractivity contribution is 0.278. The van der Waals surface area contributed by atoms with Gasteiger partial charge in [-0.25, -0.2) is 14.8 Å². The van der Waals surface area contributed by atoms with E-state index in [2.05, 4.69) is 20.3 Å². The van der Waals surface area contributed by atoms with Crippen LogP contribution in [0.4, 0.5) is 5.82 Å². The van der Waals surface area contributed by atoms with E-state index in [9.17, 15) is 4.79 Å². The van der Waals surface area contributed by atoms with Crippen molar-refractivity contribution in [3.63, 3.8) is 0 Å². The van der Waals surface area contributed by atoms with Gasteiger partial charge in [0.15, 0.2) is 5.65 Å². The van der Waals surface area contributed by atoms with Gasteiger partial charge in [-0.1, -0.05) is 0 Å². The molecular formula is C21H22N6O. The molecule has 4 aromatic heterocycles. The van der Waals surface area contributed by atoms with E-state index in [0.29, 0.717) is 6.04 Å². The number of nitrogens with one attached hydrogen (secondary N) is 1. The Bertz CT molecular complexity index is 1220. The minimum Gasteiger partial charge on any atom is -0.367 e. The van der Waals surface area contributed by atoms with E-state index >= 15 is 0 Å². The van der Waals surface area contributed by atoms with Crippen LogP contribution in [0.15, 0.2) is 53.6 Å². The molecule has 0 radical (unpaired) electrons. The first-order valence-electron chi connectivity index (χ1n) is 9.67. The first kappa shape index (κ1) is 16.9. The van der Waals surface area contributed by atoms with Crippen molar-refractivity contribution in [2.75, 3.05) is 5.32 Å². The molecule has 0 spiro atoms. The molecule has 0 bridgehead atoms. The molecule has 1 saturated carbocycles. The fourth-order valence-corrected chi connectivity index (χ4v) is 4.06. The fraction of sp³-hybridized carbons (Fsp3) is 0.333. The molecule has 7 heteroatoms. The van der Waals surface area contributed by atoms with Gasteiger partial charge in [-0.2, -0.15) is 0 Å². The van der Waals surface area contributed by atoms with E-state index in [1.54, 1.807) is 12.4 Å². The van der Waals surface area contributed by atoms with Gasteiger partial charge in [-0.15, -0.1) is 0 Å². The van der Waals surface area contributed by atoms with Crippen LogP contribution in [0.1, 0.15) is 38.8 Å². The maximum absolute atomic E-state index is 13.0. The zero-order valence-electron chi connectivity index (χ0n) is 15.9. The first-order chi connectivity index (χ1) is 13.6. The number of imidazole rings is 1. The average Bonchev–Trinajstić information content (AvgIpc) is 2.96. The standard InChI is InChI=1S/C21H22N6O/c1-13(2)26-18-6-4-10-23-20(18)27(21(26)28)15-11-14(12-15)24-19-8-7-16-17(25-19)5-3-9-22-16/h3-10,13-15H,11-12H2,1-2H3,(H,24,25). The fourth-order valence-electron chi connectivity index (χ4n) is 4.06. The maximum Gasteiger partial charge on any atom is 0.330 e. The van der Waals surface area contributed by atoms with E-state index < -0.39 is 0 Å². The van der Waals surface area contributed by atoms with Crippen molar-refractivity contribution in [3.05, 3.63) is 59.3 Å². The lowest BCUT2D eigenvalue weighted by Gasteiger charge is -2.36. The van der Waals surface area contributed by atoms with Crippen molar-refractivity contribution in [3.8, 4) is 0 Å². The average molecular weight is 374 g/mol. The van der Waals surface area contributed by atoms with Crippen molar-refractivity contribution >= 4 is 28.0 Å². The summed E-state index contributed by atoms with van der Waals surface area (Å²) in [5, 5.41) is 3.49. The van der Waals surface area contributed by atoms with Crippen LogP contribution in [-0.4, -0.2) is 30.1 Å². The van der Waals surface area contributed by atoms with Gasteiger partial charge in [0, 0.05) is 30.5 Å². The van der Waals surface area contributed by atoms with E-state index in [0.717, 1.165) is 40.9 Å². The Labute approximate surface area is 162 Å². The number of anilines is 1. The number of aromatic nitrogens is 5. The molecule has 0 saturated heterocycles. The van der Waals surface area contributed by atoms with E-state index in [4.69, 9.17) is 0 Å². The summed E-state index contributed by atoms with van der Waals surface area (Å²) >= 11 is 0. The molecule has 28 heavy (non-hydrogen) atoms. The Balaban J connectivity index is 1.38. The monoisotopic (exact) mass is 374 g/mol. The number of nitrogens with zero attached hydrogens (tertiary/aromatic N) is 5. The lowest BCUT2D eigenvalue weighted by Crippen LogP contribution is -2.41. The van der Waals surface area contributed by atoms with E-state index in [-0.39, 0.29) is 17.8 Å². The molecule has 1 N–H and O–H groups in total. The largest absolute Gasteiger partial charge is 0.367 e. The summed E-state index contributed by atoms with van der Waals surface area (Å²) in [5.74, 6) is 0.846. The lowest BCUT2D eigenvalue weighted by atomic mass is 9.86. The Morgan fingerprint density at radius 2 is 1.82 bits per heavy atom. The molecule has 0 atom stereocenters. The van der Waals surface area contributed by atoms with Gasteiger partial charge < -0.3 is 5.32 Å². The zero-order chi connectivity index (χ0) is 19.3. The van der Waals surface area contributed by atoms with Crippen molar-refractivity contribution < 1.29 is 0 Å². The van der Waals surface area contributed by atoms with Crippen molar-refractivity contribution in [2.45, 2.75) is 44.8 Å². The Kier molecular flexibility index (Phi) is 3.89. The van der Waals surface area contributed by atoms with Crippen LogP contribution in [0.3, 0.4) is 0 Å². The van der Waals surface area contributed by atoms with Gasteiger partial charge in [0.25, 0.3) is 0 Å². The summed E-state index contributed by atoms with van der Waals surface area (Å²) < 4.78 is 3.70. The van der Waals surface area contributed by atoms with Crippen LogP contribution in [0, 0.1) is 0 Å². The molecule has 0 unspecified atom stereocenters. The number of hydrogen-bond acceptors (Lipinski definition) is 5. The third kappa shape index (κ3) is 2.66. The maximum atomic E-state index is 13.0. The minimum absolute atomic E-state index is 0.0297. The summed E-state index contributed by atoms with van der Waals surface area (Å²) in [5.41, 5.74) is 3.48. The number of rotatable bonds is 4. The van der Waals surface area contributed by atoms with Crippen molar-refractivity contribution in [1.82, 2.24) is 24.1 Å². The second-order valence-corrected chi connectivity index (χ2v) is 7.67. The Morgan fingerprint density at radius 3 is 2.64 bits per heavy atom. The smallest absolute Gasteiger partial charge is 0.330 e. The molecule has 1 aliphatic rings. The quantitative estimate of drug-likeness (QED) is 0.591. The number of fused-ring (bicyclic) bond motifs is 2. The molecule has 0 amide bonds. The molecule has 1 aliphatic carbocycles. The predicted octanol–water partition coefficient (Wildman–Crippen LogP) is 3.54. The highest BCUT2D eigenvalue weighted by Gasteiger charge is 2.34. The van der Waals surface area contributed by atoms with E-state index in [1.165, 1.54) is 0 Å². The molecule has 142 valence electrons. The summed E-state index contributed by atoms with van der Waals surface area (Å²) in [6.07, 6.45) is 5.28. The SMILES string of the molecule is CC(C)n1c(=O)n(C2CC(Nc3ccc4ncccc4n3)C2)c2ncccc21. The van der Waals surface area contributed by atoms with Crippen molar-refractivity contribution in [2.24, 2.45) is 0 Å². The summed E-state index contributed by atoms with van der Waals surface area (Å²) in [6, 6.07) is 12.2. The second kappa shape index (κ2) is 6.44. The van der Waals surface area contributed by atoms with Crippen molar-refractivity contribution in [1.29, 1.82) is 0 Å². The predicted molar refractivity (Wildman–Crippen MR) is 110 cm³/mol. The van der Waals surface area contributed by atoms with Crippen LogP contribution in [0.25, 0.3) is 22.2 Å². The third-order valence-corrected chi connectivity index (χ3v) is 5.47. The number of hydrogen-bond donors (Lipinski definition) is 1. The Morgan fingerprint density at radius 1 is 1.04 bits per heavy atom. The van der Waals surface area contributed by atoms with Gasteiger partial charge in [-0.3, -0.25) is 14.1 Å². The molecule has 7 nitrogen and oxygen atoms in total. The zero-order valence-corrected chi connectivity index (χ0v) is 15.9. The molecule has 1 fully saturated rings. The molecular weight excluding hydrogens is 352 g/mol. The summed E-state index contributed by atoms with van der Waals surface area (Å²) in [7, 11) is 0. The molecule has 4 heterocycles. The first-order valence-corrected chi connectivity index (χ1v) is 9.67. The molecule has 0 aromatic carbocycles. The van der Waals surface area contributed by atoms with Gasteiger partial charge >= 0.3 is 5.69 Å². The van der Waals surface area contributed by atoms with E-state index in [1.807, 2.05) is 59.4 Å². The van der Waals surface area contributed by atoms with Gasteiger partial charge in [0.05, 0.1) is 16.6 Å². The molecule has 4 aromatic rings. The highest BCUT2D eigenvalue weighted by Crippen LogP contribution is 2.35. The summed E-state index contributed by atoms with van der Waals surface area (Å²) in [4.78, 5) is 26.5. The Hall–Kier alpha value is -3.22. The summed E-state index contributed by atoms with van der Waals surface area (Å²) in [6.45, 7) is 4.06. The minimum atomic E-state index is 0.0297. The van der Waals surface area contributed by atoms with Crippen LogP contribution in [0.5, 0.6) is 0 Å². The van der Waals surface area contributed by atoms with Gasteiger partial charge in [0.1, 0.15) is 5.82 Å².